The molecule has 2 atom stereocenters. The molecule has 1 unspecified atom stereocenters. The highest BCUT2D eigenvalue weighted by Gasteiger charge is 2.32. The lowest BCUT2D eigenvalue weighted by Crippen LogP contribution is -2.46. The van der Waals surface area contributed by atoms with Crippen molar-refractivity contribution in [3.63, 3.8) is 0 Å². The Bertz CT molecular complexity index is 1630. The molecule has 1 N–H and O–H groups in total. The second-order valence-electron chi connectivity index (χ2n) is 14.5. The SMILES string of the molecule is COC(=O)CC(NC(=O)[C@@H]1CCCN(C(=O)CCC2CCN(C(=O)OC(C)(C)C)CC2)C1)c1cccc(OCCOS(=O)(=O)c2ccc(C)cc2)c1. The zero-order valence-corrected chi connectivity index (χ0v) is 31.7. The van der Waals surface area contributed by atoms with E-state index < -0.39 is 33.6 Å². The van der Waals surface area contributed by atoms with Gasteiger partial charge in [0.25, 0.3) is 10.1 Å². The van der Waals surface area contributed by atoms with Gasteiger partial charge in [0.15, 0.2) is 0 Å². The maximum absolute atomic E-state index is 13.6. The second-order valence-corrected chi connectivity index (χ2v) is 16.1. The summed E-state index contributed by atoms with van der Waals surface area (Å²) in [5.74, 6) is -0.459. The third-order valence-corrected chi connectivity index (χ3v) is 10.6. The van der Waals surface area contributed by atoms with Crippen LogP contribution in [0.5, 0.6) is 5.75 Å². The second kappa shape index (κ2) is 18.5. The Morgan fingerprint density at radius 2 is 1.65 bits per heavy atom. The number of esters is 1. The van der Waals surface area contributed by atoms with Crippen molar-refractivity contribution < 1.29 is 46.0 Å². The number of piperidine rings is 2. The van der Waals surface area contributed by atoms with Crippen molar-refractivity contribution in [2.75, 3.05) is 46.5 Å². The minimum atomic E-state index is -3.94. The summed E-state index contributed by atoms with van der Waals surface area (Å²) in [7, 11) is -2.66. The van der Waals surface area contributed by atoms with Crippen LogP contribution in [0, 0.1) is 18.8 Å². The van der Waals surface area contributed by atoms with Crippen LogP contribution in [0.4, 0.5) is 4.79 Å². The molecular weight excluding hydrogens is 690 g/mol. The third kappa shape index (κ3) is 12.5. The van der Waals surface area contributed by atoms with E-state index in [0.29, 0.717) is 62.7 Å². The first-order valence-corrected chi connectivity index (χ1v) is 19.4. The molecule has 0 saturated carbocycles. The fourth-order valence-electron chi connectivity index (χ4n) is 6.32. The summed E-state index contributed by atoms with van der Waals surface area (Å²) in [5.41, 5.74) is 0.990. The Balaban J connectivity index is 1.27. The molecule has 0 radical (unpaired) electrons. The van der Waals surface area contributed by atoms with Gasteiger partial charge in [-0.2, -0.15) is 8.42 Å². The van der Waals surface area contributed by atoms with E-state index in [1.807, 2.05) is 27.7 Å². The fraction of sp³-hybridized carbons (Fsp3) is 0.579. The van der Waals surface area contributed by atoms with Crippen LogP contribution in [0.25, 0.3) is 0 Å². The molecule has 286 valence electrons. The molecule has 13 nitrogen and oxygen atoms in total. The fourth-order valence-corrected chi connectivity index (χ4v) is 7.22. The van der Waals surface area contributed by atoms with Crippen molar-refractivity contribution in [1.82, 2.24) is 15.1 Å². The summed E-state index contributed by atoms with van der Waals surface area (Å²) >= 11 is 0. The van der Waals surface area contributed by atoms with Crippen LogP contribution in [-0.2, 0) is 38.2 Å². The number of benzene rings is 2. The molecule has 52 heavy (non-hydrogen) atoms. The molecule has 0 bridgehead atoms. The zero-order chi connectivity index (χ0) is 37.9. The number of ether oxygens (including phenoxy) is 3. The van der Waals surface area contributed by atoms with Crippen molar-refractivity contribution in [2.45, 2.75) is 89.2 Å². The van der Waals surface area contributed by atoms with E-state index in [2.05, 4.69) is 5.32 Å². The largest absolute Gasteiger partial charge is 0.491 e. The van der Waals surface area contributed by atoms with E-state index in [9.17, 15) is 27.6 Å². The van der Waals surface area contributed by atoms with E-state index in [4.69, 9.17) is 18.4 Å². The van der Waals surface area contributed by atoms with Gasteiger partial charge in [-0.3, -0.25) is 18.6 Å². The highest BCUT2D eigenvalue weighted by Crippen LogP contribution is 2.27. The first-order chi connectivity index (χ1) is 24.6. The Morgan fingerprint density at radius 3 is 2.33 bits per heavy atom. The summed E-state index contributed by atoms with van der Waals surface area (Å²) in [4.78, 5) is 55.1. The quantitative estimate of drug-likeness (QED) is 0.156. The van der Waals surface area contributed by atoms with Crippen LogP contribution >= 0.6 is 0 Å². The molecule has 0 spiro atoms. The molecule has 14 heteroatoms. The zero-order valence-electron chi connectivity index (χ0n) is 30.9. The molecule has 2 aliphatic heterocycles. The third-order valence-electron chi connectivity index (χ3n) is 9.25. The van der Waals surface area contributed by atoms with Gasteiger partial charge < -0.3 is 29.3 Å². The van der Waals surface area contributed by atoms with Gasteiger partial charge >= 0.3 is 12.1 Å². The number of methoxy groups -OCH3 is 1. The molecule has 2 aromatic carbocycles. The van der Waals surface area contributed by atoms with Gasteiger partial charge in [-0.25, -0.2) is 4.79 Å². The van der Waals surface area contributed by atoms with Crippen molar-refractivity contribution in [3.05, 3.63) is 59.7 Å². The standard InChI is InChI=1S/C38H53N3O10S/c1-27-11-14-32(15-12-27)52(46,47)50-23-22-49-31-10-6-8-29(24-31)33(25-35(43)48-5)39-36(44)30-9-7-19-41(26-30)34(42)16-13-28-17-20-40(21-18-28)37(45)51-38(2,3)4/h6,8,10-12,14-15,24,28,30,33H,7,9,13,16-23,25-26H2,1-5H3,(H,39,44)/t30-,33?/m1/s1. The molecule has 2 heterocycles. The number of amides is 3. The van der Waals surface area contributed by atoms with E-state index in [1.165, 1.54) is 19.2 Å². The van der Waals surface area contributed by atoms with Crippen molar-refractivity contribution >= 4 is 34.0 Å². The van der Waals surface area contributed by atoms with Gasteiger partial charge in [0.05, 0.1) is 30.4 Å². The maximum Gasteiger partial charge on any atom is 0.410 e. The maximum atomic E-state index is 13.6. The van der Waals surface area contributed by atoms with E-state index in [1.54, 1.807) is 46.2 Å². The van der Waals surface area contributed by atoms with Crippen LogP contribution < -0.4 is 10.1 Å². The van der Waals surface area contributed by atoms with Gasteiger partial charge in [-0.05, 0) is 95.5 Å². The number of nitrogens with zero attached hydrogens (tertiary/aromatic N) is 2. The molecule has 2 aromatic rings. The van der Waals surface area contributed by atoms with Crippen molar-refractivity contribution in [1.29, 1.82) is 0 Å². The number of rotatable bonds is 14. The minimum Gasteiger partial charge on any atom is -0.491 e. The first kappa shape index (κ1) is 40.6. The average Bonchev–Trinajstić information content (AvgIpc) is 3.12. The molecule has 2 saturated heterocycles. The van der Waals surface area contributed by atoms with Crippen molar-refractivity contribution in [3.8, 4) is 5.75 Å². The van der Waals surface area contributed by atoms with Crippen LogP contribution in [0.15, 0.2) is 53.4 Å². The molecule has 0 aliphatic carbocycles. The Kier molecular flexibility index (Phi) is 14.5. The molecular formula is C38H53N3O10S. The highest BCUT2D eigenvalue weighted by atomic mass is 32.2. The number of hydrogen-bond donors (Lipinski definition) is 1. The van der Waals surface area contributed by atoms with Gasteiger partial charge in [0, 0.05) is 32.6 Å². The highest BCUT2D eigenvalue weighted by molar-refractivity contribution is 7.86. The summed E-state index contributed by atoms with van der Waals surface area (Å²) < 4.78 is 46.2. The molecule has 0 aromatic heterocycles. The van der Waals surface area contributed by atoms with Gasteiger partial charge in [-0.15, -0.1) is 0 Å². The molecule has 2 aliphatic rings. The van der Waals surface area contributed by atoms with Gasteiger partial charge in [-0.1, -0.05) is 29.8 Å². The van der Waals surface area contributed by atoms with E-state index in [0.717, 1.165) is 24.8 Å². The number of aryl methyl sites for hydroxylation is 1. The Labute approximate surface area is 307 Å². The summed E-state index contributed by atoms with van der Waals surface area (Å²) in [5, 5.41) is 3.00. The van der Waals surface area contributed by atoms with Crippen LogP contribution in [0.1, 0.15) is 82.9 Å². The summed E-state index contributed by atoms with van der Waals surface area (Å²) in [6, 6.07) is 12.5. The van der Waals surface area contributed by atoms with E-state index in [-0.39, 0.29) is 42.4 Å². The smallest absolute Gasteiger partial charge is 0.410 e. The summed E-state index contributed by atoms with van der Waals surface area (Å²) in [6.07, 6.45) is 3.61. The lowest BCUT2D eigenvalue weighted by Gasteiger charge is -2.35. The number of carbonyl (C=O) groups excluding carboxylic acids is 4. The molecule has 3 amide bonds. The van der Waals surface area contributed by atoms with Crippen molar-refractivity contribution in [2.24, 2.45) is 11.8 Å². The lowest BCUT2D eigenvalue weighted by molar-refractivity contribution is -0.141. The predicted octanol–water partition coefficient (Wildman–Crippen LogP) is 5.17. The Hall–Kier alpha value is -4.17. The minimum absolute atomic E-state index is 0.0127. The number of hydrogen-bond acceptors (Lipinski definition) is 10. The van der Waals surface area contributed by atoms with Crippen LogP contribution in [0.2, 0.25) is 0 Å². The lowest BCUT2D eigenvalue weighted by atomic mass is 9.91. The number of nitrogens with one attached hydrogen (secondary N) is 1. The van der Waals surface area contributed by atoms with Gasteiger partial charge in [0.2, 0.25) is 11.8 Å². The Morgan fingerprint density at radius 1 is 0.942 bits per heavy atom. The average molecular weight is 744 g/mol. The van der Waals surface area contributed by atoms with Crippen LogP contribution in [0.3, 0.4) is 0 Å². The summed E-state index contributed by atoms with van der Waals surface area (Å²) in [6.45, 7) is 9.22. The number of likely N-dealkylation sites (tertiary alicyclic amines) is 2. The first-order valence-electron chi connectivity index (χ1n) is 18.0. The monoisotopic (exact) mass is 743 g/mol. The molecule has 2 fully saturated rings. The van der Waals surface area contributed by atoms with Gasteiger partial charge in [0.1, 0.15) is 24.6 Å². The molecule has 4 rings (SSSR count). The van der Waals surface area contributed by atoms with Crippen LogP contribution in [-0.4, -0.2) is 94.2 Å². The van der Waals surface area contributed by atoms with E-state index >= 15 is 0 Å². The topological polar surface area (TPSA) is 158 Å². The normalized spacial score (nSPS) is 17.6. The predicted molar refractivity (Wildman–Crippen MR) is 193 cm³/mol. The number of carbonyl (C=O) groups is 4.